The fourth-order valence-corrected chi connectivity index (χ4v) is 1.64. The van der Waals surface area contributed by atoms with Crippen LogP contribution in [0.4, 0.5) is 0 Å². The first-order valence-corrected chi connectivity index (χ1v) is 5.71. The van der Waals surface area contributed by atoms with Gasteiger partial charge in [0.05, 0.1) is 6.61 Å². The molecule has 1 aliphatic heterocycles. The molecule has 0 saturated carbocycles. The normalized spacial score (nSPS) is 24.1. The van der Waals surface area contributed by atoms with Crippen LogP contribution in [0.5, 0.6) is 0 Å². The third kappa shape index (κ3) is 3.33. The quantitative estimate of drug-likeness (QED) is 0.667. The Bertz CT molecular complexity index is 284. The molecule has 0 amide bonds. The topological polar surface area (TPSA) is 21.8 Å². The van der Waals surface area contributed by atoms with Crippen LogP contribution in [0, 0.1) is 0 Å². The molecule has 1 unspecified atom stereocenters. The van der Waals surface area contributed by atoms with Gasteiger partial charge in [0.25, 0.3) is 0 Å². The Labute approximate surface area is 91.2 Å². The molecule has 1 aromatic rings. The highest BCUT2D eigenvalue weighted by molar-refractivity contribution is 5.13. The lowest BCUT2D eigenvalue weighted by Crippen LogP contribution is -2.00. The molecule has 0 aromatic heterocycles. The van der Waals surface area contributed by atoms with E-state index in [2.05, 4.69) is 19.1 Å². The summed E-state index contributed by atoms with van der Waals surface area (Å²) < 4.78 is 11.0. The summed E-state index contributed by atoms with van der Waals surface area (Å²) in [5, 5.41) is 0. The number of rotatable bonds is 6. The van der Waals surface area contributed by atoms with Gasteiger partial charge in [-0.25, -0.2) is 0 Å². The molecule has 1 fully saturated rings. The maximum absolute atomic E-state index is 5.63. The Kier molecular flexibility index (Phi) is 3.75. The number of epoxide rings is 1. The van der Waals surface area contributed by atoms with Crippen LogP contribution in [0.1, 0.15) is 31.7 Å². The number of hydrogen-bond donors (Lipinski definition) is 0. The predicted octanol–water partition coefficient (Wildman–Crippen LogP) is 3.12. The molecule has 2 atom stereocenters. The van der Waals surface area contributed by atoms with Crippen molar-refractivity contribution in [2.24, 2.45) is 0 Å². The highest BCUT2D eigenvalue weighted by atomic mass is 16.8. The van der Waals surface area contributed by atoms with Gasteiger partial charge in [-0.2, -0.15) is 0 Å². The summed E-state index contributed by atoms with van der Waals surface area (Å²) >= 11 is 0. The van der Waals surface area contributed by atoms with Gasteiger partial charge in [0.2, 0.25) is 0 Å². The van der Waals surface area contributed by atoms with E-state index in [9.17, 15) is 0 Å². The summed E-state index contributed by atoms with van der Waals surface area (Å²) in [7, 11) is 0. The molecule has 2 rings (SSSR count). The van der Waals surface area contributed by atoms with E-state index in [1.54, 1.807) is 0 Å². The molecule has 1 heterocycles. The van der Waals surface area contributed by atoms with E-state index in [1.165, 1.54) is 18.4 Å². The Morgan fingerprint density at radius 2 is 2.07 bits per heavy atom. The number of hydrogen-bond acceptors (Lipinski definition) is 2. The van der Waals surface area contributed by atoms with Crippen LogP contribution in [0.2, 0.25) is 0 Å². The molecular formula is C13H18O2. The van der Waals surface area contributed by atoms with Crippen LogP contribution in [0.3, 0.4) is 0 Å². The van der Waals surface area contributed by atoms with Gasteiger partial charge in [-0.1, -0.05) is 50.1 Å². The fraction of sp³-hybridized carbons (Fsp3) is 0.538. The Hall–Kier alpha value is -0.860. The van der Waals surface area contributed by atoms with Gasteiger partial charge < -0.3 is 9.47 Å². The molecule has 1 saturated heterocycles. The average molecular weight is 206 g/mol. The zero-order valence-electron chi connectivity index (χ0n) is 9.19. The first-order valence-electron chi connectivity index (χ1n) is 5.71. The van der Waals surface area contributed by atoms with E-state index in [0.29, 0.717) is 12.7 Å². The third-order valence-corrected chi connectivity index (χ3v) is 2.64. The van der Waals surface area contributed by atoms with Crippen molar-refractivity contribution >= 4 is 0 Å². The van der Waals surface area contributed by atoms with E-state index in [-0.39, 0.29) is 6.29 Å². The van der Waals surface area contributed by atoms with E-state index < -0.39 is 0 Å². The van der Waals surface area contributed by atoms with Crippen molar-refractivity contribution in [2.75, 3.05) is 0 Å². The lowest BCUT2D eigenvalue weighted by atomic mass is 10.2. The molecule has 0 bridgehead atoms. The van der Waals surface area contributed by atoms with Crippen LogP contribution in [0.25, 0.3) is 0 Å². The van der Waals surface area contributed by atoms with Gasteiger partial charge in [-0.3, -0.25) is 0 Å². The fourth-order valence-electron chi connectivity index (χ4n) is 1.64. The van der Waals surface area contributed by atoms with Gasteiger partial charge >= 0.3 is 0 Å². The van der Waals surface area contributed by atoms with Crippen LogP contribution in [-0.2, 0) is 16.1 Å². The zero-order valence-corrected chi connectivity index (χ0v) is 9.19. The van der Waals surface area contributed by atoms with Crippen LogP contribution >= 0.6 is 0 Å². The first-order chi connectivity index (χ1) is 7.40. The third-order valence-electron chi connectivity index (χ3n) is 2.64. The Morgan fingerprint density at radius 1 is 1.27 bits per heavy atom. The monoisotopic (exact) mass is 206 g/mol. The van der Waals surface area contributed by atoms with Crippen LogP contribution in [-0.4, -0.2) is 12.4 Å². The lowest BCUT2D eigenvalue weighted by molar-refractivity contribution is 0.0385. The van der Waals surface area contributed by atoms with Gasteiger partial charge in [-0.15, -0.1) is 0 Å². The second kappa shape index (κ2) is 5.29. The second-order valence-electron chi connectivity index (χ2n) is 3.98. The van der Waals surface area contributed by atoms with Crippen molar-refractivity contribution in [3.8, 4) is 0 Å². The molecule has 1 aromatic carbocycles. The molecule has 0 radical (unpaired) electrons. The molecule has 2 heteroatoms. The summed E-state index contributed by atoms with van der Waals surface area (Å²) in [5.74, 6) is 0. The highest BCUT2D eigenvalue weighted by Gasteiger charge is 2.38. The van der Waals surface area contributed by atoms with Gasteiger partial charge in [0.1, 0.15) is 6.10 Å². The summed E-state index contributed by atoms with van der Waals surface area (Å²) in [4.78, 5) is 0. The molecule has 0 N–H and O–H groups in total. The van der Waals surface area contributed by atoms with E-state index in [0.717, 1.165) is 6.42 Å². The van der Waals surface area contributed by atoms with Gasteiger partial charge in [0, 0.05) is 0 Å². The molecule has 15 heavy (non-hydrogen) atoms. The van der Waals surface area contributed by atoms with Crippen molar-refractivity contribution < 1.29 is 9.47 Å². The number of ether oxygens (including phenoxy) is 2. The summed E-state index contributed by atoms with van der Waals surface area (Å²) in [5.41, 5.74) is 1.21. The van der Waals surface area contributed by atoms with Crippen molar-refractivity contribution in [1.29, 1.82) is 0 Å². The predicted molar refractivity (Wildman–Crippen MR) is 59.4 cm³/mol. The van der Waals surface area contributed by atoms with Crippen molar-refractivity contribution in [2.45, 2.75) is 45.2 Å². The molecular weight excluding hydrogens is 188 g/mol. The Balaban J connectivity index is 1.64. The number of unbranched alkanes of at least 4 members (excludes halogenated alkanes) is 1. The minimum Gasteiger partial charge on any atom is -0.345 e. The zero-order chi connectivity index (χ0) is 10.5. The van der Waals surface area contributed by atoms with Gasteiger partial charge in [0.15, 0.2) is 6.29 Å². The van der Waals surface area contributed by atoms with E-state index in [1.807, 2.05) is 18.2 Å². The highest BCUT2D eigenvalue weighted by Crippen LogP contribution is 2.28. The molecule has 1 aliphatic rings. The molecule has 0 spiro atoms. The second-order valence-corrected chi connectivity index (χ2v) is 3.98. The summed E-state index contributed by atoms with van der Waals surface area (Å²) in [6, 6.07) is 10.2. The molecule has 0 aliphatic carbocycles. The molecule has 2 nitrogen and oxygen atoms in total. The average Bonchev–Trinajstić information content (AvgIpc) is 3.04. The smallest absolute Gasteiger partial charge is 0.184 e. The largest absolute Gasteiger partial charge is 0.345 e. The minimum absolute atomic E-state index is 0.0526. The first kappa shape index (κ1) is 10.7. The SMILES string of the molecule is CCCC[C@@H]1OC1OCc1ccccc1. The maximum Gasteiger partial charge on any atom is 0.184 e. The lowest BCUT2D eigenvalue weighted by Gasteiger charge is -2.00. The van der Waals surface area contributed by atoms with Crippen LogP contribution < -0.4 is 0 Å². The van der Waals surface area contributed by atoms with Crippen molar-refractivity contribution in [3.63, 3.8) is 0 Å². The molecule has 82 valence electrons. The van der Waals surface area contributed by atoms with Crippen molar-refractivity contribution in [3.05, 3.63) is 35.9 Å². The van der Waals surface area contributed by atoms with E-state index >= 15 is 0 Å². The van der Waals surface area contributed by atoms with Crippen molar-refractivity contribution in [1.82, 2.24) is 0 Å². The van der Waals surface area contributed by atoms with Gasteiger partial charge in [-0.05, 0) is 12.0 Å². The standard InChI is InChI=1S/C13H18O2/c1-2-3-9-12-13(15-12)14-10-11-7-5-4-6-8-11/h4-8,12-13H,2-3,9-10H2,1H3/t12-,13?/m0/s1. The Morgan fingerprint density at radius 3 is 2.80 bits per heavy atom. The van der Waals surface area contributed by atoms with Crippen LogP contribution in [0.15, 0.2) is 30.3 Å². The van der Waals surface area contributed by atoms with E-state index in [4.69, 9.17) is 9.47 Å². The maximum atomic E-state index is 5.63. The summed E-state index contributed by atoms with van der Waals surface area (Å²) in [6.07, 6.45) is 4.00. The summed E-state index contributed by atoms with van der Waals surface area (Å²) in [6.45, 7) is 2.86. The minimum atomic E-state index is 0.0526. The number of benzene rings is 1.